The lowest BCUT2D eigenvalue weighted by Gasteiger charge is -2.15. The predicted molar refractivity (Wildman–Crippen MR) is 90.8 cm³/mol. The molecule has 2 aromatic heterocycles. The van der Waals surface area contributed by atoms with Crippen molar-refractivity contribution in [1.29, 1.82) is 0 Å². The van der Waals surface area contributed by atoms with Crippen LogP contribution in [0.4, 0.5) is 0 Å². The zero-order chi connectivity index (χ0) is 16.2. The van der Waals surface area contributed by atoms with E-state index >= 15 is 0 Å². The molecule has 0 atom stereocenters. The molecule has 0 fully saturated rings. The van der Waals surface area contributed by atoms with Crippen molar-refractivity contribution < 1.29 is 0 Å². The second kappa shape index (κ2) is 6.44. The van der Waals surface area contributed by atoms with Crippen LogP contribution in [-0.4, -0.2) is 14.6 Å². The zero-order valence-electron chi connectivity index (χ0n) is 13.5. The van der Waals surface area contributed by atoms with Crippen molar-refractivity contribution >= 4 is 5.65 Å². The number of fused-ring (bicyclic) bond motifs is 1. The summed E-state index contributed by atoms with van der Waals surface area (Å²) < 4.78 is 1.73. The van der Waals surface area contributed by atoms with Gasteiger partial charge in [-0.25, -0.2) is 9.50 Å². The summed E-state index contributed by atoms with van der Waals surface area (Å²) in [5.74, 6) is 2.68. The van der Waals surface area contributed by atoms with Crippen LogP contribution in [0.1, 0.15) is 37.6 Å². The fourth-order valence-corrected chi connectivity index (χ4v) is 2.08. The van der Waals surface area contributed by atoms with Crippen LogP contribution in [-0.2, 0) is 5.41 Å². The van der Waals surface area contributed by atoms with Crippen LogP contribution in [0.5, 0.6) is 0 Å². The number of hydrogen-bond acceptors (Lipinski definition) is 2. The molecule has 3 nitrogen and oxygen atoms in total. The average molecular weight is 291 g/mol. The fraction of sp³-hybridized carbons (Fsp3) is 0.263. The van der Waals surface area contributed by atoms with Gasteiger partial charge in [0.1, 0.15) is 0 Å². The van der Waals surface area contributed by atoms with Gasteiger partial charge in [-0.2, -0.15) is 5.10 Å². The minimum Gasteiger partial charge on any atom is -0.236 e. The molecular weight excluding hydrogens is 270 g/mol. The molecule has 2 heterocycles. The van der Waals surface area contributed by atoms with E-state index in [2.05, 4.69) is 55.8 Å². The van der Waals surface area contributed by atoms with Crippen molar-refractivity contribution in [2.24, 2.45) is 0 Å². The van der Waals surface area contributed by atoms with Crippen LogP contribution in [0.25, 0.3) is 5.65 Å². The maximum atomic E-state index is 5.51. The Morgan fingerprint density at radius 1 is 1.09 bits per heavy atom. The highest BCUT2D eigenvalue weighted by atomic mass is 15.3. The molecule has 112 valence electrons. The Morgan fingerprint density at radius 3 is 2.27 bits per heavy atom. The Hall–Kier alpha value is -2.60. The van der Waals surface area contributed by atoms with Crippen LogP contribution in [0.3, 0.4) is 0 Å². The van der Waals surface area contributed by atoms with E-state index in [0.717, 1.165) is 16.9 Å². The third-order valence-corrected chi connectivity index (χ3v) is 3.19. The topological polar surface area (TPSA) is 30.2 Å². The summed E-state index contributed by atoms with van der Waals surface area (Å²) >= 11 is 0. The monoisotopic (exact) mass is 291 g/mol. The molecule has 0 aliphatic heterocycles. The molecule has 3 heteroatoms. The van der Waals surface area contributed by atoms with Gasteiger partial charge in [0.2, 0.25) is 0 Å². The van der Waals surface area contributed by atoms with Gasteiger partial charge < -0.3 is 0 Å². The molecule has 0 saturated heterocycles. The van der Waals surface area contributed by atoms with Crippen molar-refractivity contribution in [2.45, 2.75) is 33.1 Å². The van der Waals surface area contributed by atoms with Crippen molar-refractivity contribution in [3.63, 3.8) is 0 Å². The van der Waals surface area contributed by atoms with Crippen molar-refractivity contribution in [2.75, 3.05) is 0 Å². The zero-order valence-corrected chi connectivity index (χ0v) is 13.5. The molecule has 3 rings (SSSR count). The number of aryl methyl sites for hydroxylation is 1. The Kier molecular flexibility index (Phi) is 4.62. The first-order valence-electron chi connectivity index (χ1n) is 7.25. The molecule has 22 heavy (non-hydrogen) atoms. The van der Waals surface area contributed by atoms with E-state index < -0.39 is 0 Å². The summed E-state index contributed by atoms with van der Waals surface area (Å²) in [6, 6.07) is 12.1. The lowest BCUT2D eigenvalue weighted by molar-refractivity contribution is 0.561. The van der Waals surface area contributed by atoms with Gasteiger partial charge in [0.15, 0.2) is 5.65 Å². The summed E-state index contributed by atoms with van der Waals surface area (Å²) in [7, 11) is 0. The maximum Gasteiger partial charge on any atom is 0.171 e. The number of benzene rings is 1. The highest BCUT2D eigenvalue weighted by molar-refractivity contribution is 5.59. The molecule has 0 saturated carbocycles. The Bertz CT molecular complexity index is 787. The number of terminal acetylenes is 1. The molecule has 0 radical (unpaired) electrons. The fourth-order valence-electron chi connectivity index (χ4n) is 2.08. The minimum atomic E-state index is -0.0601. The van der Waals surface area contributed by atoms with Crippen molar-refractivity contribution in [3.05, 3.63) is 65.6 Å². The van der Waals surface area contributed by atoms with E-state index in [1.54, 1.807) is 10.7 Å². The van der Waals surface area contributed by atoms with Gasteiger partial charge in [0.25, 0.3) is 0 Å². The summed E-state index contributed by atoms with van der Waals surface area (Å²) in [6.45, 7) is 8.36. The number of rotatable bonds is 0. The summed E-state index contributed by atoms with van der Waals surface area (Å²) in [5, 5.41) is 4.47. The minimum absolute atomic E-state index is 0.0601. The van der Waals surface area contributed by atoms with E-state index in [0.29, 0.717) is 0 Å². The average Bonchev–Trinajstić information content (AvgIpc) is 2.87. The summed E-state index contributed by atoms with van der Waals surface area (Å²) in [5.41, 5.74) is 3.73. The molecule has 0 aliphatic rings. The van der Waals surface area contributed by atoms with Crippen LogP contribution in [0, 0.1) is 19.3 Å². The van der Waals surface area contributed by atoms with Gasteiger partial charge in [-0.1, -0.05) is 62.6 Å². The van der Waals surface area contributed by atoms with Crippen LogP contribution >= 0.6 is 0 Å². The van der Waals surface area contributed by atoms with Crippen LogP contribution in [0.2, 0.25) is 0 Å². The third-order valence-electron chi connectivity index (χ3n) is 3.19. The van der Waals surface area contributed by atoms with E-state index in [-0.39, 0.29) is 5.41 Å². The van der Waals surface area contributed by atoms with Crippen molar-refractivity contribution in [1.82, 2.24) is 14.6 Å². The normalized spacial score (nSPS) is 10.7. The highest BCUT2D eigenvalue weighted by Gasteiger charge is 2.23. The second-order valence-corrected chi connectivity index (χ2v) is 6.16. The van der Waals surface area contributed by atoms with Gasteiger partial charge in [-0.05, 0) is 13.0 Å². The Morgan fingerprint density at radius 2 is 1.77 bits per heavy atom. The first-order chi connectivity index (χ1) is 10.4. The smallest absolute Gasteiger partial charge is 0.171 e. The molecule has 3 aromatic rings. The molecule has 0 unspecified atom stereocenters. The third kappa shape index (κ3) is 3.53. The number of aromatic nitrogens is 3. The van der Waals surface area contributed by atoms with E-state index in [4.69, 9.17) is 6.42 Å². The van der Waals surface area contributed by atoms with E-state index in [1.807, 2.05) is 30.5 Å². The Labute approximate surface area is 132 Å². The molecule has 0 bridgehead atoms. The van der Waals surface area contributed by atoms with Gasteiger partial charge in [-0.3, -0.25) is 0 Å². The maximum absolute atomic E-state index is 5.51. The second-order valence-electron chi connectivity index (χ2n) is 6.16. The van der Waals surface area contributed by atoms with Crippen LogP contribution < -0.4 is 0 Å². The molecule has 1 aromatic carbocycles. The van der Waals surface area contributed by atoms with Crippen molar-refractivity contribution in [3.8, 4) is 12.3 Å². The largest absolute Gasteiger partial charge is 0.236 e. The Balaban J connectivity index is 0.000000211. The molecule has 0 N–H and O–H groups in total. The predicted octanol–water partition coefficient (Wildman–Crippen LogP) is 4.00. The van der Waals surface area contributed by atoms with Gasteiger partial charge >= 0.3 is 0 Å². The van der Waals surface area contributed by atoms with E-state index in [1.165, 1.54) is 5.56 Å². The highest BCUT2D eigenvalue weighted by Crippen LogP contribution is 2.25. The number of hydrogen-bond donors (Lipinski definition) is 0. The lowest BCUT2D eigenvalue weighted by atomic mass is 9.89. The quantitative estimate of drug-likeness (QED) is 0.586. The number of nitrogens with zero attached hydrogens (tertiary/aromatic N) is 3. The lowest BCUT2D eigenvalue weighted by Crippen LogP contribution is -2.13. The summed E-state index contributed by atoms with van der Waals surface area (Å²) in [6.07, 6.45) is 9.10. The molecule has 0 amide bonds. The van der Waals surface area contributed by atoms with Gasteiger partial charge in [0, 0.05) is 17.8 Å². The van der Waals surface area contributed by atoms with Gasteiger partial charge in [0.05, 0.1) is 11.3 Å². The first kappa shape index (κ1) is 15.8. The van der Waals surface area contributed by atoms with Gasteiger partial charge in [-0.15, -0.1) is 6.42 Å². The summed E-state index contributed by atoms with van der Waals surface area (Å²) in [4.78, 5) is 4.24. The first-order valence-corrected chi connectivity index (χ1v) is 7.25. The SMILES string of the molecule is C#Cc1c(C(C)(C)C)nn2cccnc12.Cc1ccccc1. The molecule has 0 aliphatic carbocycles. The molecule has 0 spiro atoms. The molecular formula is C19H21N3. The van der Waals surface area contributed by atoms with E-state index in [9.17, 15) is 0 Å². The van der Waals surface area contributed by atoms with Crippen LogP contribution in [0.15, 0.2) is 48.8 Å². The standard InChI is InChI=1S/C12H13N3.C7H8/c1-5-9-10(12(2,3)4)14-15-8-6-7-13-11(9)15;1-7-5-3-2-4-6-7/h1,6-8H,2-4H3;2-6H,1H3.